The van der Waals surface area contributed by atoms with E-state index in [1.165, 1.54) is 7.11 Å². The Morgan fingerprint density at radius 2 is 2.13 bits per heavy atom. The molecule has 0 rings (SSSR count). The molecule has 0 aromatic rings. The molecule has 0 saturated heterocycles. The van der Waals surface area contributed by atoms with Crippen LogP contribution < -0.4 is 4.72 Å². The van der Waals surface area contributed by atoms with Crippen molar-refractivity contribution in [2.75, 3.05) is 19.5 Å². The van der Waals surface area contributed by atoms with Crippen LogP contribution in [0, 0.1) is 0 Å². The summed E-state index contributed by atoms with van der Waals surface area (Å²) in [5, 5.41) is 8.34. The van der Waals surface area contributed by atoms with Gasteiger partial charge in [-0.25, -0.2) is 13.1 Å². The van der Waals surface area contributed by atoms with Crippen LogP contribution in [0.1, 0.15) is 19.8 Å². The van der Waals surface area contributed by atoms with Crippen molar-refractivity contribution in [2.24, 2.45) is 0 Å². The lowest BCUT2D eigenvalue weighted by Crippen LogP contribution is -2.37. The van der Waals surface area contributed by atoms with E-state index in [4.69, 9.17) is 9.84 Å². The van der Waals surface area contributed by atoms with Crippen LogP contribution in [0.25, 0.3) is 0 Å². The van der Waals surface area contributed by atoms with Crippen molar-refractivity contribution in [2.45, 2.75) is 25.8 Å². The van der Waals surface area contributed by atoms with Gasteiger partial charge in [0, 0.05) is 19.6 Å². The van der Waals surface area contributed by atoms with Gasteiger partial charge in [0.05, 0.1) is 12.4 Å². The van der Waals surface area contributed by atoms with Crippen LogP contribution in [-0.4, -0.2) is 45.0 Å². The van der Waals surface area contributed by atoms with Crippen molar-refractivity contribution in [3.63, 3.8) is 0 Å². The molecule has 0 spiro atoms. The van der Waals surface area contributed by atoms with Crippen molar-refractivity contribution in [3.05, 3.63) is 0 Å². The van der Waals surface area contributed by atoms with Crippen molar-refractivity contribution >= 4 is 16.0 Å². The van der Waals surface area contributed by atoms with Gasteiger partial charge >= 0.3 is 5.97 Å². The second-order valence-electron chi connectivity index (χ2n) is 3.29. The van der Waals surface area contributed by atoms with Gasteiger partial charge in [0.25, 0.3) is 0 Å². The number of ether oxygens (including phenoxy) is 1. The maximum atomic E-state index is 11.3. The van der Waals surface area contributed by atoms with Gasteiger partial charge < -0.3 is 9.84 Å². The van der Waals surface area contributed by atoms with Crippen LogP contribution in [0.4, 0.5) is 0 Å². The third-order valence-corrected chi connectivity index (χ3v) is 3.19. The van der Waals surface area contributed by atoms with Gasteiger partial charge in [-0.1, -0.05) is 0 Å². The molecule has 0 aliphatic heterocycles. The molecule has 0 heterocycles. The Kier molecular flexibility index (Phi) is 6.46. The minimum absolute atomic E-state index is 0.115. The monoisotopic (exact) mass is 239 g/mol. The van der Waals surface area contributed by atoms with Crippen LogP contribution in [0.15, 0.2) is 0 Å². The number of methoxy groups -OCH3 is 1. The van der Waals surface area contributed by atoms with Crippen molar-refractivity contribution < 1.29 is 23.1 Å². The van der Waals surface area contributed by atoms with E-state index in [9.17, 15) is 13.2 Å². The smallest absolute Gasteiger partial charge is 0.303 e. The lowest BCUT2D eigenvalue weighted by molar-refractivity contribution is -0.137. The van der Waals surface area contributed by atoms with Crippen molar-refractivity contribution in [1.82, 2.24) is 4.72 Å². The minimum Gasteiger partial charge on any atom is -0.481 e. The lowest BCUT2D eigenvalue weighted by atomic mass is 10.3. The van der Waals surface area contributed by atoms with E-state index in [2.05, 4.69) is 4.72 Å². The normalized spacial score (nSPS) is 13.7. The quantitative estimate of drug-likeness (QED) is 0.612. The summed E-state index contributed by atoms with van der Waals surface area (Å²) in [7, 11) is -1.91. The van der Waals surface area contributed by atoms with E-state index < -0.39 is 16.0 Å². The van der Waals surface area contributed by atoms with Gasteiger partial charge in [-0.05, 0) is 13.3 Å². The standard InChI is InChI=1S/C8H17NO5S/c1-7(6-14-2)9-15(12,13)5-3-4-8(10)11/h7,9H,3-6H2,1-2H3,(H,10,11). The molecule has 0 radical (unpaired) electrons. The number of nitrogens with one attached hydrogen (secondary N) is 1. The molecule has 0 amide bonds. The fourth-order valence-electron chi connectivity index (χ4n) is 1.06. The summed E-state index contributed by atoms with van der Waals surface area (Å²) in [5.41, 5.74) is 0. The molecule has 2 N–H and O–H groups in total. The van der Waals surface area contributed by atoms with Crippen LogP contribution in [0.3, 0.4) is 0 Å². The van der Waals surface area contributed by atoms with Gasteiger partial charge in [0.15, 0.2) is 0 Å². The first-order valence-corrected chi connectivity index (χ1v) is 6.23. The summed E-state index contributed by atoms with van der Waals surface area (Å²) in [4.78, 5) is 10.2. The maximum absolute atomic E-state index is 11.3. The zero-order valence-electron chi connectivity index (χ0n) is 8.89. The van der Waals surface area contributed by atoms with Crippen LogP contribution in [0.5, 0.6) is 0 Å². The molecule has 0 saturated carbocycles. The second kappa shape index (κ2) is 6.76. The molecule has 0 aliphatic carbocycles. The van der Waals surface area contributed by atoms with Gasteiger partial charge in [0.2, 0.25) is 10.0 Å². The number of aliphatic carboxylic acids is 1. The number of rotatable bonds is 8. The maximum Gasteiger partial charge on any atom is 0.303 e. The molecule has 0 aromatic carbocycles. The predicted molar refractivity (Wildman–Crippen MR) is 55.1 cm³/mol. The Balaban J connectivity index is 3.92. The highest BCUT2D eigenvalue weighted by Crippen LogP contribution is 1.96. The van der Waals surface area contributed by atoms with Gasteiger partial charge in [-0.2, -0.15) is 0 Å². The van der Waals surface area contributed by atoms with E-state index >= 15 is 0 Å². The van der Waals surface area contributed by atoms with Crippen LogP contribution >= 0.6 is 0 Å². The highest BCUT2D eigenvalue weighted by molar-refractivity contribution is 7.89. The molecular formula is C8H17NO5S. The Hall–Kier alpha value is -0.660. The number of hydrogen-bond acceptors (Lipinski definition) is 4. The highest BCUT2D eigenvalue weighted by Gasteiger charge is 2.14. The lowest BCUT2D eigenvalue weighted by Gasteiger charge is -2.12. The summed E-state index contributed by atoms with van der Waals surface area (Å²) in [6, 6.07) is -0.301. The Bertz CT molecular complexity index is 287. The fraction of sp³-hybridized carbons (Fsp3) is 0.875. The molecule has 0 aromatic heterocycles. The van der Waals surface area contributed by atoms with Gasteiger partial charge in [0.1, 0.15) is 0 Å². The third kappa shape index (κ3) is 8.34. The average Bonchev–Trinajstić information content (AvgIpc) is 2.01. The Morgan fingerprint density at radius 1 is 1.53 bits per heavy atom. The summed E-state index contributed by atoms with van der Waals surface area (Å²) >= 11 is 0. The van der Waals surface area contributed by atoms with Crippen LogP contribution in [-0.2, 0) is 19.6 Å². The predicted octanol–water partition coefficient (Wildman–Crippen LogP) is -0.194. The van der Waals surface area contributed by atoms with E-state index in [0.717, 1.165) is 0 Å². The Labute approximate surface area is 89.7 Å². The Morgan fingerprint density at radius 3 is 2.60 bits per heavy atom. The molecule has 0 fully saturated rings. The second-order valence-corrected chi connectivity index (χ2v) is 5.16. The summed E-state index contributed by atoms with van der Waals surface area (Å²) in [6.07, 6.45) is -0.0239. The first-order chi connectivity index (χ1) is 6.87. The van der Waals surface area contributed by atoms with E-state index in [1.54, 1.807) is 6.92 Å². The number of carbonyl (C=O) groups is 1. The summed E-state index contributed by atoms with van der Waals surface area (Å²) < 4.78 is 29.8. The number of carboxylic acid groups (broad SMARTS) is 1. The number of hydrogen-bond donors (Lipinski definition) is 2. The SMILES string of the molecule is COCC(C)NS(=O)(=O)CCCC(=O)O. The number of sulfonamides is 1. The first-order valence-electron chi connectivity index (χ1n) is 4.58. The highest BCUT2D eigenvalue weighted by atomic mass is 32.2. The zero-order chi connectivity index (χ0) is 11.9. The minimum atomic E-state index is -3.39. The summed E-state index contributed by atoms with van der Waals surface area (Å²) in [5.74, 6) is -1.16. The van der Waals surface area contributed by atoms with E-state index in [-0.39, 0.29) is 31.2 Å². The first kappa shape index (κ1) is 14.3. The molecule has 0 bridgehead atoms. The molecular weight excluding hydrogens is 222 g/mol. The molecule has 6 nitrogen and oxygen atoms in total. The average molecular weight is 239 g/mol. The van der Waals surface area contributed by atoms with Crippen molar-refractivity contribution in [1.29, 1.82) is 0 Å². The molecule has 1 atom stereocenters. The van der Waals surface area contributed by atoms with Crippen LogP contribution in [0.2, 0.25) is 0 Å². The molecule has 0 aliphatic rings. The third-order valence-electron chi connectivity index (χ3n) is 1.60. The largest absolute Gasteiger partial charge is 0.481 e. The number of carboxylic acids is 1. The molecule has 90 valence electrons. The zero-order valence-corrected chi connectivity index (χ0v) is 9.71. The summed E-state index contributed by atoms with van der Waals surface area (Å²) in [6.45, 7) is 1.97. The van der Waals surface area contributed by atoms with Crippen molar-refractivity contribution in [3.8, 4) is 0 Å². The topological polar surface area (TPSA) is 92.7 Å². The molecule has 15 heavy (non-hydrogen) atoms. The molecule has 7 heteroatoms. The van der Waals surface area contributed by atoms with E-state index in [0.29, 0.717) is 0 Å². The van der Waals surface area contributed by atoms with E-state index in [1.807, 2.05) is 0 Å². The van der Waals surface area contributed by atoms with Gasteiger partial charge in [-0.3, -0.25) is 4.79 Å². The fourth-order valence-corrected chi connectivity index (χ4v) is 2.39. The molecule has 1 unspecified atom stereocenters. The van der Waals surface area contributed by atoms with Gasteiger partial charge in [-0.15, -0.1) is 0 Å².